The van der Waals surface area contributed by atoms with E-state index in [-0.39, 0.29) is 36.4 Å². The summed E-state index contributed by atoms with van der Waals surface area (Å²) in [5.74, 6) is 1.40. The summed E-state index contributed by atoms with van der Waals surface area (Å²) in [5, 5.41) is 16.1. The monoisotopic (exact) mass is 790 g/mol. The van der Waals surface area contributed by atoms with Crippen molar-refractivity contribution in [3.05, 3.63) is 64.9 Å². The molecule has 58 heavy (non-hydrogen) atoms. The zero-order chi connectivity index (χ0) is 39.5. The highest BCUT2D eigenvalue weighted by atomic mass is 19.1. The van der Waals surface area contributed by atoms with E-state index in [1.165, 1.54) is 25.1 Å². The summed E-state index contributed by atoms with van der Waals surface area (Å²) in [5.41, 5.74) is 5.02. The van der Waals surface area contributed by atoms with Gasteiger partial charge < -0.3 is 29.0 Å². The molecule has 0 radical (unpaired) electrons. The van der Waals surface area contributed by atoms with Crippen LogP contribution in [-0.4, -0.2) is 74.3 Å². The van der Waals surface area contributed by atoms with Crippen molar-refractivity contribution in [2.45, 2.75) is 115 Å². The van der Waals surface area contributed by atoms with Gasteiger partial charge in [0.2, 0.25) is 0 Å². The third-order valence-electron chi connectivity index (χ3n) is 13.3. The molecule has 6 heterocycles. The normalized spacial score (nSPS) is 24.0. The number of aromatic carboxylic acids is 1. The number of nitrogens with zero attached hydrogens (tertiary/aromatic N) is 6. The van der Waals surface area contributed by atoms with Gasteiger partial charge in [0.25, 0.3) is 0 Å². The Balaban J connectivity index is 1.21. The number of carbonyl (C=O) groups is 1. The van der Waals surface area contributed by atoms with Crippen molar-refractivity contribution in [2.75, 3.05) is 31.3 Å². The second kappa shape index (κ2) is 15.4. The van der Waals surface area contributed by atoms with E-state index in [9.17, 15) is 9.90 Å². The predicted molar refractivity (Wildman–Crippen MR) is 216 cm³/mol. The van der Waals surface area contributed by atoms with E-state index < -0.39 is 5.97 Å². The lowest BCUT2D eigenvalue weighted by molar-refractivity contribution is -0.0366. The van der Waals surface area contributed by atoms with Crippen LogP contribution in [0.5, 0.6) is 11.8 Å². The van der Waals surface area contributed by atoms with Gasteiger partial charge in [0, 0.05) is 71.8 Å². The van der Waals surface area contributed by atoms with E-state index in [0.717, 1.165) is 97.6 Å². The van der Waals surface area contributed by atoms with Gasteiger partial charge in [-0.05, 0) is 92.9 Å². The quantitative estimate of drug-likeness (QED) is 0.145. The average Bonchev–Trinajstić information content (AvgIpc) is 3.91. The molecule has 2 bridgehead atoms. The summed E-state index contributed by atoms with van der Waals surface area (Å²) in [6.07, 6.45) is 14.0. The fraction of sp³-hybridized carbons (Fsp3) is 0.533. The summed E-state index contributed by atoms with van der Waals surface area (Å²) in [4.78, 5) is 28.9. The SMILES string of the molecule is Cc1c(F)cc2c(cnn2C2CCCCO2)c1-c1c(C2CC2)cc2c(N3C[C@@H]4C[C@H]3CCCC4C)nc(OC3CCOCC3)nc2c1OCc1ccc(C(=O)O)nc1. The molecule has 1 N–H and O–H groups in total. The van der Waals surface area contributed by atoms with Crippen molar-refractivity contribution in [1.82, 2.24) is 24.7 Å². The number of carboxylic acid groups (broad SMARTS) is 1. The number of ether oxygens (including phenoxy) is 4. The highest BCUT2D eigenvalue weighted by molar-refractivity contribution is 6.06. The van der Waals surface area contributed by atoms with E-state index >= 15 is 4.39 Å². The Kier molecular flexibility index (Phi) is 9.91. The van der Waals surface area contributed by atoms with Crippen molar-refractivity contribution >= 4 is 33.6 Å². The van der Waals surface area contributed by atoms with Crippen LogP contribution < -0.4 is 14.4 Å². The third-order valence-corrected chi connectivity index (χ3v) is 13.3. The van der Waals surface area contributed by atoms with Gasteiger partial charge in [-0.2, -0.15) is 15.1 Å². The maximum Gasteiger partial charge on any atom is 0.354 e. The number of aromatic nitrogens is 5. The number of hydrogen-bond acceptors (Lipinski definition) is 10. The predicted octanol–water partition coefficient (Wildman–Crippen LogP) is 8.92. The van der Waals surface area contributed by atoms with Crippen molar-refractivity contribution in [3.63, 3.8) is 0 Å². The highest BCUT2D eigenvalue weighted by Gasteiger charge is 2.40. The lowest BCUT2D eigenvalue weighted by Crippen LogP contribution is -2.32. The first-order valence-corrected chi connectivity index (χ1v) is 21.3. The number of pyridine rings is 1. The number of rotatable bonds is 10. The van der Waals surface area contributed by atoms with E-state index in [4.69, 9.17) is 34.0 Å². The molecule has 0 amide bonds. The van der Waals surface area contributed by atoms with Crippen LogP contribution in [0.1, 0.15) is 117 Å². The molecule has 5 aliphatic rings. The molecule has 12 nitrogen and oxygen atoms in total. The van der Waals surface area contributed by atoms with Gasteiger partial charge in [-0.15, -0.1) is 0 Å². The molecule has 13 heteroatoms. The topological polar surface area (TPSA) is 134 Å². The average molecular weight is 791 g/mol. The van der Waals surface area contributed by atoms with Gasteiger partial charge in [-0.1, -0.05) is 25.8 Å². The molecule has 3 aliphatic heterocycles. The fourth-order valence-corrected chi connectivity index (χ4v) is 9.88. The van der Waals surface area contributed by atoms with Crippen LogP contribution in [0.3, 0.4) is 0 Å². The van der Waals surface area contributed by atoms with Crippen LogP contribution in [-0.2, 0) is 16.1 Å². The Morgan fingerprint density at radius 2 is 1.83 bits per heavy atom. The van der Waals surface area contributed by atoms with Crippen LogP contribution in [0.2, 0.25) is 0 Å². The lowest BCUT2D eigenvalue weighted by Gasteiger charge is -2.30. The molecule has 2 aliphatic carbocycles. The molecule has 5 aromatic rings. The molecule has 304 valence electrons. The molecular formula is C45H51FN6O6. The smallest absolute Gasteiger partial charge is 0.354 e. The first-order valence-electron chi connectivity index (χ1n) is 21.3. The largest absolute Gasteiger partial charge is 0.486 e. The van der Waals surface area contributed by atoms with Crippen LogP contribution in [0.15, 0.2) is 36.7 Å². The third kappa shape index (κ3) is 6.93. The summed E-state index contributed by atoms with van der Waals surface area (Å²) in [6, 6.07) is 7.70. The van der Waals surface area contributed by atoms with E-state index in [0.29, 0.717) is 71.6 Å². The first kappa shape index (κ1) is 37.4. The number of hydrogen-bond donors (Lipinski definition) is 1. The van der Waals surface area contributed by atoms with Gasteiger partial charge in [0.1, 0.15) is 35.6 Å². The summed E-state index contributed by atoms with van der Waals surface area (Å²) < 4.78 is 43.8. The maximum absolute atomic E-state index is 16.5. The van der Waals surface area contributed by atoms with Crippen LogP contribution in [0.25, 0.3) is 32.9 Å². The van der Waals surface area contributed by atoms with Crippen molar-refractivity contribution in [2.24, 2.45) is 11.8 Å². The Bertz CT molecular complexity index is 2350. The van der Waals surface area contributed by atoms with Crippen molar-refractivity contribution < 1.29 is 33.2 Å². The zero-order valence-electron chi connectivity index (χ0n) is 33.3. The van der Waals surface area contributed by atoms with Crippen LogP contribution in [0, 0.1) is 24.6 Å². The van der Waals surface area contributed by atoms with Crippen LogP contribution >= 0.6 is 0 Å². The molecule has 4 atom stereocenters. The van der Waals surface area contributed by atoms with E-state index in [1.54, 1.807) is 12.1 Å². The molecule has 10 rings (SSSR count). The molecule has 0 spiro atoms. The summed E-state index contributed by atoms with van der Waals surface area (Å²) >= 11 is 0. The summed E-state index contributed by atoms with van der Waals surface area (Å²) in [7, 11) is 0. The van der Waals surface area contributed by atoms with Crippen LogP contribution in [0.4, 0.5) is 10.2 Å². The number of carboxylic acids is 1. The number of halogens is 1. The van der Waals surface area contributed by atoms with Crippen molar-refractivity contribution in [3.8, 4) is 22.9 Å². The maximum atomic E-state index is 16.5. The first-order chi connectivity index (χ1) is 28.3. The lowest BCUT2D eigenvalue weighted by atomic mass is 9.88. The molecular weight excluding hydrogens is 740 g/mol. The van der Waals surface area contributed by atoms with Gasteiger partial charge >= 0.3 is 12.0 Å². The molecule has 3 saturated heterocycles. The zero-order valence-corrected chi connectivity index (χ0v) is 33.3. The minimum Gasteiger partial charge on any atom is -0.486 e. The Hall–Kier alpha value is -4.88. The highest BCUT2D eigenvalue weighted by Crippen LogP contribution is 2.54. The van der Waals surface area contributed by atoms with Gasteiger partial charge in [0.05, 0.1) is 24.9 Å². The molecule has 2 aromatic carbocycles. The minimum absolute atomic E-state index is 0.0458. The standard InChI is InChI=1S/C45H51FN6O6/c1-25-6-5-7-30-18-29(25)23-51(30)43-33-19-32(28-10-11-28)40(39-26(2)35(46)20-37-34(39)22-48-52(37)38-8-3-4-15-56-38)42(57-24-27-9-12-36(44(53)54)47-21-27)41(33)49-45(50-43)58-31-13-16-55-17-14-31/h9,12,19-22,25,28-31,38H,3-8,10-11,13-18,23-24H2,1-2H3,(H,53,54)/t25?,29-,30+,38?/m0/s1. The van der Waals surface area contributed by atoms with Gasteiger partial charge in [-0.25, -0.2) is 18.9 Å². The molecule has 2 unspecified atom stereocenters. The van der Waals surface area contributed by atoms with Gasteiger partial charge in [-0.3, -0.25) is 0 Å². The number of anilines is 1. The van der Waals surface area contributed by atoms with Crippen molar-refractivity contribution in [1.29, 1.82) is 0 Å². The molecule has 2 saturated carbocycles. The number of fused-ring (bicyclic) bond motifs is 4. The second-order valence-corrected chi connectivity index (χ2v) is 17.2. The second-order valence-electron chi connectivity index (χ2n) is 17.2. The minimum atomic E-state index is -1.10. The Morgan fingerprint density at radius 3 is 2.59 bits per heavy atom. The molecule has 3 aromatic heterocycles. The Labute approximate surface area is 337 Å². The van der Waals surface area contributed by atoms with E-state index in [2.05, 4.69) is 22.9 Å². The van der Waals surface area contributed by atoms with E-state index in [1.807, 2.05) is 17.8 Å². The molecule has 5 fully saturated rings. The summed E-state index contributed by atoms with van der Waals surface area (Å²) in [6.45, 7) is 7.09. The Morgan fingerprint density at radius 1 is 0.966 bits per heavy atom. The van der Waals surface area contributed by atoms with Gasteiger partial charge in [0.15, 0.2) is 12.0 Å². The fourth-order valence-electron chi connectivity index (χ4n) is 9.88. The number of benzene rings is 2.